The van der Waals surface area contributed by atoms with Crippen molar-refractivity contribution in [2.75, 3.05) is 6.54 Å². The summed E-state index contributed by atoms with van der Waals surface area (Å²) in [5.41, 5.74) is 4.94. The minimum Gasteiger partial charge on any atom is -0.480 e. The van der Waals surface area contributed by atoms with Gasteiger partial charge in [-0.05, 0) is 12.8 Å². The van der Waals surface area contributed by atoms with Crippen LogP contribution in [0.5, 0.6) is 0 Å². The fraction of sp³-hybridized carbons (Fsp3) is 0.636. The number of nitrogens with one attached hydrogen (secondary N) is 2. The highest BCUT2D eigenvalue weighted by atomic mass is 16.4. The minimum atomic E-state index is -1.21. The summed E-state index contributed by atoms with van der Waals surface area (Å²) in [6.45, 7) is 0.201. The maximum atomic E-state index is 11.8. The third kappa shape index (κ3) is 4.94. The Morgan fingerprint density at radius 1 is 1.47 bits per heavy atom. The Balaban J connectivity index is 2.49. The van der Waals surface area contributed by atoms with Gasteiger partial charge in [0.15, 0.2) is 0 Å². The Kier molecular flexibility index (Phi) is 5.28. The first-order chi connectivity index (χ1) is 8.90. The quantitative estimate of drug-likeness (QED) is 0.458. The van der Waals surface area contributed by atoms with Gasteiger partial charge < -0.3 is 21.5 Å². The minimum absolute atomic E-state index is 0.0461. The smallest absolute Gasteiger partial charge is 0.326 e. The summed E-state index contributed by atoms with van der Waals surface area (Å²) in [5, 5.41) is 13.8. The number of piperidine rings is 1. The van der Waals surface area contributed by atoms with Gasteiger partial charge in [0.1, 0.15) is 6.04 Å². The van der Waals surface area contributed by atoms with E-state index < -0.39 is 29.7 Å². The summed E-state index contributed by atoms with van der Waals surface area (Å²) in [5.74, 6) is -2.82. The number of amides is 3. The standard InChI is InChI=1S/C11H17N3O5/c12-8(15)3-2-7(11(18)19)14-10(17)6-1-4-9(16)13-5-6/h6-7H,1-5H2,(H2,12,15)(H,13,16)(H,14,17)(H,18,19). The summed E-state index contributed by atoms with van der Waals surface area (Å²) < 4.78 is 0. The zero-order valence-electron chi connectivity index (χ0n) is 10.3. The fourth-order valence-corrected chi connectivity index (χ4v) is 1.79. The van der Waals surface area contributed by atoms with Crippen molar-refractivity contribution in [3.05, 3.63) is 0 Å². The van der Waals surface area contributed by atoms with Crippen molar-refractivity contribution in [2.45, 2.75) is 31.7 Å². The summed E-state index contributed by atoms with van der Waals surface area (Å²) in [6, 6.07) is -1.14. The van der Waals surface area contributed by atoms with Crippen LogP contribution < -0.4 is 16.4 Å². The van der Waals surface area contributed by atoms with Gasteiger partial charge in [0.25, 0.3) is 0 Å². The molecule has 2 atom stereocenters. The molecule has 1 heterocycles. The number of nitrogens with two attached hydrogens (primary N) is 1. The topological polar surface area (TPSA) is 139 Å². The Morgan fingerprint density at radius 3 is 2.63 bits per heavy atom. The first-order valence-corrected chi connectivity index (χ1v) is 5.98. The number of rotatable bonds is 6. The summed E-state index contributed by atoms with van der Waals surface area (Å²) >= 11 is 0. The Labute approximate surface area is 109 Å². The number of hydrogen-bond acceptors (Lipinski definition) is 4. The normalized spacial score (nSPS) is 20.2. The number of aliphatic carboxylic acids is 1. The molecule has 1 aliphatic rings. The molecule has 8 heteroatoms. The molecule has 3 amide bonds. The van der Waals surface area contributed by atoms with Crippen LogP contribution in [0, 0.1) is 5.92 Å². The van der Waals surface area contributed by atoms with E-state index in [-0.39, 0.29) is 31.7 Å². The number of primary amides is 1. The van der Waals surface area contributed by atoms with Gasteiger partial charge in [-0.1, -0.05) is 0 Å². The lowest BCUT2D eigenvalue weighted by molar-refractivity contribution is -0.143. The SMILES string of the molecule is NC(=O)CCC(NC(=O)C1CCC(=O)NC1)C(=O)O. The second-order valence-electron chi connectivity index (χ2n) is 4.44. The monoisotopic (exact) mass is 271 g/mol. The molecule has 1 aliphatic heterocycles. The first-order valence-electron chi connectivity index (χ1n) is 5.98. The molecular weight excluding hydrogens is 254 g/mol. The summed E-state index contributed by atoms with van der Waals surface area (Å²) in [7, 11) is 0. The van der Waals surface area contributed by atoms with Crippen molar-refractivity contribution < 1.29 is 24.3 Å². The van der Waals surface area contributed by atoms with Gasteiger partial charge in [-0.15, -0.1) is 0 Å². The van der Waals surface area contributed by atoms with E-state index in [0.717, 1.165) is 0 Å². The molecule has 0 saturated carbocycles. The lowest BCUT2D eigenvalue weighted by Gasteiger charge is -2.23. The largest absolute Gasteiger partial charge is 0.480 e. The zero-order valence-corrected chi connectivity index (χ0v) is 10.3. The molecule has 0 aliphatic carbocycles. The Bertz CT molecular complexity index is 386. The van der Waals surface area contributed by atoms with Crippen molar-refractivity contribution in [3.63, 3.8) is 0 Å². The molecule has 0 aromatic heterocycles. The van der Waals surface area contributed by atoms with E-state index >= 15 is 0 Å². The predicted octanol–water partition coefficient (Wildman–Crippen LogP) is -1.65. The number of carboxylic acids is 1. The van der Waals surface area contributed by atoms with E-state index in [1.165, 1.54) is 0 Å². The van der Waals surface area contributed by atoms with Gasteiger partial charge in [0, 0.05) is 19.4 Å². The third-order valence-electron chi connectivity index (χ3n) is 2.93. The second-order valence-corrected chi connectivity index (χ2v) is 4.44. The van der Waals surface area contributed by atoms with Crippen LogP contribution >= 0.6 is 0 Å². The molecule has 2 unspecified atom stereocenters. The van der Waals surface area contributed by atoms with Crippen molar-refractivity contribution >= 4 is 23.7 Å². The van der Waals surface area contributed by atoms with Crippen LogP contribution in [0.2, 0.25) is 0 Å². The zero-order chi connectivity index (χ0) is 14.4. The van der Waals surface area contributed by atoms with Crippen LogP contribution in [0.15, 0.2) is 0 Å². The second kappa shape index (κ2) is 6.72. The van der Waals surface area contributed by atoms with Gasteiger partial charge >= 0.3 is 5.97 Å². The molecule has 0 aromatic rings. The van der Waals surface area contributed by atoms with E-state index in [9.17, 15) is 19.2 Å². The van der Waals surface area contributed by atoms with Crippen LogP contribution in [0.25, 0.3) is 0 Å². The molecule has 1 rings (SSSR count). The number of carboxylic acid groups (broad SMARTS) is 1. The maximum Gasteiger partial charge on any atom is 0.326 e. The van der Waals surface area contributed by atoms with Crippen LogP contribution in [-0.2, 0) is 19.2 Å². The molecule has 5 N–H and O–H groups in total. The number of carbonyl (C=O) groups is 4. The van der Waals surface area contributed by atoms with Crippen molar-refractivity contribution in [1.29, 1.82) is 0 Å². The van der Waals surface area contributed by atoms with Gasteiger partial charge in [-0.25, -0.2) is 4.79 Å². The molecule has 1 fully saturated rings. The van der Waals surface area contributed by atoms with Crippen LogP contribution in [-0.4, -0.2) is 41.4 Å². The highest BCUT2D eigenvalue weighted by Crippen LogP contribution is 2.11. The average Bonchev–Trinajstić information content (AvgIpc) is 2.34. The van der Waals surface area contributed by atoms with Gasteiger partial charge in [-0.2, -0.15) is 0 Å². The summed E-state index contributed by atoms with van der Waals surface area (Å²) in [4.78, 5) is 44.3. The van der Waals surface area contributed by atoms with Crippen molar-refractivity contribution in [3.8, 4) is 0 Å². The first kappa shape index (κ1) is 14.9. The molecule has 1 saturated heterocycles. The highest BCUT2D eigenvalue weighted by Gasteiger charge is 2.28. The summed E-state index contributed by atoms with van der Waals surface area (Å²) in [6.07, 6.45) is 0.477. The molecule has 0 bridgehead atoms. The average molecular weight is 271 g/mol. The van der Waals surface area contributed by atoms with Crippen LogP contribution in [0.4, 0.5) is 0 Å². The third-order valence-corrected chi connectivity index (χ3v) is 2.93. The van der Waals surface area contributed by atoms with Gasteiger partial charge in [-0.3, -0.25) is 14.4 Å². The van der Waals surface area contributed by atoms with Crippen LogP contribution in [0.3, 0.4) is 0 Å². The molecule has 0 aromatic carbocycles. The lowest BCUT2D eigenvalue weighted by atomic mass is 9.97. The predicted molar refractivity (Wildman–Crippen MR) is 63.7 cm³/mol. The fourth-order valence-electron chi connectivity index (χ4n) is 1.79. The van der Waals surface area contributed by atoms with E-state index in [2.05, 4.69) is 10.6 Å². The molecule has 19 heavy (non-hydrogen) atoms. The van der Waals surface area contributed by atoms with Crippen LogP contribution in [0.1, 0.15) is 25.7 Å². The molecule has 0 spiro atoms. The van der Waals surface area contributed by atoms with E-state index in [4.69, 9.17) is 10.8 Å². The van der Waals surface area contributed by atoms with Gasteiger partial charge in [0.05, 0.1) is 5.92 Å². The van der Waals surface area contributed by atoms with E-state index in [1.807, 2.05) is 0 Å². The molecular formula is C11H17N3O5. The maximum absolute atomic E-state index is 11.8. The van der Waals surface area contributed by atoms with Crippen molar-refractivity contribution in [1.82, 2.24) is 10.6 Å². The number of carbonyl (C=O) groups excluding carboxylic acids is 3. The van der Waals surface area contributed by atoms with Crippen molar-refractivity contribution in [2.24, 2.45) is 11.7 Å². The molecule has 106 valence electrons. The van der Waals surface area contributed by atoms with E-state index in [0.29, 0.717) is 6.42 Å². The molecule has 8 nitrogen and oxygen atoms in total. The lowest BCUT2D eigenvalue weighted by Crippen LogP contribution is -2.48. The molecule has 0 radical (unpaired) electrons. The van der Waals surface area contributed by atoms with E-state index in [1.54, 1.807) is 0 Å². The van der Waals surface area contributed by atoms with Gasteiger partial charge in [0.2, 0.25) is 17.7 Å². The Morgan fingerprint density at radius 2 is 2.16 bits per heavy atom. The Hall–Kier alpha value is -2.12. The highest BCUT2D eigenvalue weighted by molar-refractivity contribution is 5.87. The number of hydrogen-bond donors (Lipinski definition) is 4.